The Bertz CT molecular complexity index is 429. The van der Waals surface area contributed by atoms with Gasteiger partial charge in [-0.25, -0.2) is 4.99 Å². The van der Waals surface area contributed by atoms with Gasteiger partial charge >= 0.3 is 0 Å². The molecular weight excluding hydrogens is 220 g/mol. The fourth-order valence-corrected chi connectivity index (χ4v) is 2.56. The third-order valence-corrected chi connectivity index (χ3v) is 3.79. The standard InChI is InChI=1S/C16H24N2/c1-4-15-10-14(3)16(11-13(15)2)17-12-18-8-6-5-7-9-18/h10-12H,4-9H2,1-3H3. The molecule has 0 saturated carbocycles. The van der Waals surface area contributed by atoms with Gasteiger partial charge in [-0.1, -0.05) is 13.0 Å². The first-order chi connectivity index (χ1) is 8.70. The SMILES string of the molecule is CCc1cc(C)c(N=CN2CCCCC2)cc1C. The molecule has 0 bridgehead atoms. The van der Waals surface area contributed by atoms with Gasteiger partial charge in [-0.15, -0.1) is 0 Å². The van der Waals surface area contributed by atoms with Crippen LogP contribution in [0.2, 0.25) is 0 Å². The van der Waals surface area contributed by atoms with E-state index in [0.29, 0.717) is 0 Å². The van der Waals surface area contributed by atoms with Crippen molar-refractivity contribution >= 4 is 12.0 Å². The molecule has 1 aliphatic rings. The van der Waals surface area contributed by atoms with Crippen LogP contribution in [-0.4, -0.2) is 24.3 Å². The molecule has 1 fully saturated rings. The lowest BCUT2D eigenvalue weighted by molar-refractivity contribution is 0.351. The molecule has 1 aromatic rings. The summed E-state index contributed by atoms with van der Waals surface area (Å²) in [5, 5.41) is 0. The zero-order valence-electron chi connectivity index (χ0n) is 11.9. The highest BCUT2D eigenvalue weighted by atomic mass is 15.1. The monoisotopic (exact) mass is 244 g/mol. The Labute approximate surface area is 111 Å². The molecule has 1 aromatic carbocycles. The predicted molar refractivity (Wildman–Crippen MR) is 78.9 cm³/mol. The van der Waals surface area contributed by atoms with Gasteiger partial charge in [-0.2, -0.15) is 0 Å². The maximum atomic E-state index is 4.67. The lowest BCUT2D eigenvalue weighted by atomic mass is 10.0. The molecule has 98 valence electrons. The van der Waals surface area contributed by atoms with Crippen LogP contribution in [0.4, 0.5) is 5.69 Å². The van der Waals surface area contributed by atoms with Gasteiger partial charge < -0.3 is 4.90 Å². The Morgan fingerprint density at radius 2 is 1.83 bits per heavy atom. The highest BCUT2D eigenvalue weighted by molar-refractivity contribution is 5.64. The fourth-order valence-electron chi connectivity index (χ4n) is 2.56. The summed E-state index contributed by atoms with van der Waals surface area (Å²) >= 11 is 0. The quantitative estimate of drug-likeness (QED) is 0.579. The zero-order chi connectivity index (χ0) is 13.0. The highest BCUT2D eigenvalue weighted by Gasteiger charge is 2.06. The average Bonchev–Trinajstić information content (AvgIpc) is 2.40. The Kier molecular flexibility index (Phi) is 4.40. The van der Waals surface area contributed by atoms with Crippen molar-refractivity contribution in [2.24, 2.45) is 4.99 Å². The van der Waals surface area contributed by atoms with E-state index < -0.39 is 0 Å². The third kappa shape index (κ3) is 3.12. The van der Waals surface area contributed by atoms with Crippen LogP contribution in [0.1, 0.15) is 42.9 Å². The summed E-state index contributed by atoms with van der Waals surface area (Å²) in [7, 11) is 0. The second-order valence-electron chi connectivity index (χ2n) is 5.26. The molecule has 1 heterocycles. The van der Waals surface area contributed by atoms with Gasteiger partial charge in [0.25, 0.3) is 0 Å². The minimum Gasteiger partial charge on any atom is -0.363 e. The van der Waals surface area contributed by atoms with Crippen LogP contribution in [0.3, 0.4) is 0 Å². The number of hydrogen-bond acceptors (Lipinski definition) is 1. The normalized spacial score (nSPS) is 16.5. The number of piperidine rings is 1. The lowest BCUT2D eigenvalue weighted by Gasteiger charge is -2.23. The van der Waals surface area contributed by atoms with Gasteiger partial charge in [-0.05, 0) is 62.3 Å². The van der Waals surface area contributed by atoms with E-state index >= 15 is 0 Å². The first kappa shape index (κ1) is 13.1. The summed E-state index contributed by atoms with van der Waals surface area (Å²) in [5.41, 5.74) is 5.19. The molecule has 0 spiro atoms. The number of likely N-dealkylation sites (tertiary alicyclic amines) is 1. The molecule has 0 atom stereocenters. The van der Waals surface area contributed by atoms with Gasteiger partial charge in [0.2, 0.25) is 0 Å². The van der Waals surface area contributed by atoms with E-state index in [1.807, 2.05) is 6.34 Å². The minimum atomic E-state index is 1.10. The summed E-state index contributed by atoms with van der Waals surface area (Å²) in [6.45, 7) is 8.86. The first-order valence-corrected chi connectivity index (χ1v) is 7.09. The number of aryl methyl sites for hydroxylation is 3. The second kappa shape index (κ2) is 6.03. The largest absolute Gasteiger partial charge is 0.363 e. The molecule has 0 unspecified atom stereocenters. The summed E-state index contributed by atoms with van der Waals surface area (Å²) < 4.78 is 0. The number of aliphatic imine (C=N–C) groups is 1. The molecule has 2 nitrogen and oxygen atoms in total. The first-order valence-electron chi connectivity index (χ1n) is 7.09. The summed E-state index contributed by atoms with van der Waals surface area (Å²) in [6.07, 6.45) is 7.11. The van der Waals surface area contributed by atoms with Crippen molar-refractivity contribution in [2.45, 2.75) is 46.5 Å². The van der Waals surface area contributed by atoms with E-state index in [1.165, 1.54) is 36.0 Å². The molecule has 0 amide bonds. The van der Waals surface area contributed by atoms with Crippen LogP contribution in [-0.2, 0) is 6.42 Å². The van der Waals surface area contributed by atoms with Crippen LogP contribution in [0.5, 0.6) is 0 Å². The third-order valence-electron chi connectivity index (χ3n) is 3.79. The molecule has 0 N–H and O–H groups in total. The van der Waals surface area contributed by atoms with Crippen LogP contribution >= 0.6 is 0 Å². The van der Waals surface area contributed by atoms with Crippen molar-refractivity contribution in [3.05, 3.63) is 28.8 Å². The summed E-state index contributed by atoms with van der Waals surface area (Å²) in [6, 6.07) is 4.49. The van der Waals surface area contributed by atoms with E-state index in [0.717, 1.165) is 25.2 Å². The van der Waals surface area contributed by atoms with Crippen molar-refractivity contribution in [2.75, 3.05) is 13.1 Å². The molecule has 0 aromatic heterocycles. The van der Waals surface area contributed by atoms with E-state index in [4.69, 9.17) is 0 Å². The average molecular weight is 244 g/mol. The van der Waals surface area contributed by atoms with Crippen molar-refractivity contribution < 1.29 is 0 Å². The smallest absolute Gasteiger partial charge is 0.0912 e. The number of hydrogen-bond donors (Lipinski definition) is 0. The number of benzene rings is 1. The van der Waals surface area contributed by atoms with E-state index in [2.05, 4.69) is 42.8 Å². The number of nitrogens with zero attached hydrogens (tertiary/aromatic N) is 2. The minimum absolute atomic E-state index is 1.10. The Balaban J connectivity index is 2.13. The molecule has 0 aliphatic carbocycles. The maximum Gasteiger partial charge on any atom is 0.0912 e. The van der Waals surface area contributed by atoms with Crippen molar-refractivity contribution in [1.29, 1.82) is 0 Å². The Hall–Kier alpha value is -1.31. The molecule has 2 rings (SSSR count). The van der Waals surface area contributed by atoms with Crippen LogP contribution in [0, 0.1) is 13.8 Å². The topological polar surface area (TPSA) is 15.6 Å². The summed E-state index contributed by atoms with van der Waals surface area (Å²) in [5.74, 6) is 0. The van der Waals surface area contributed by atoms with Crippen LogP contribution in [0.25, 0.3) is 0 Å². The van der Waals surface area contributed by atoms with Gasteiger partial charge in [0.1, 0.15) is 0 Å². The highest BCUT2D eigenvalue weighted by Crippen LogP contribution is 2.23. The maximum absolute atomic E-state index is 4.67. The second-order valence-corrected chi connectivity index (χ2v) is 5.26. The molecule has 18 heavy (non-hydrogen) atoms. The fraction of sp³-hybridized carbons (Fsp3) is 0.562. The van der Waals surface area contributed by atoms with E-state index in [-0.39, 0.29) is 0 Å². The van der Waals surface area contributed by atoms with Gasteiger partial charge in [0.05, 0.1) is 12.0 Å². The molecule has 1 aliphatic heterocycles. The lowest BCUT2D eigenvalue weighted by Crippen LogP contribution is -2.28. The Morgan fingerprint density at radius 1 is 1.11 bits per heavy atom. The van der Waals surface area contributed by atoms with Crippen molar-refractivity contribution in [1.82, 2.24) is 4.90 Å². The van der Waals surface area contributed by atoms with E-state index in [9.17, 15) is 0 Å². The van der Waals surface area contributed by atoms with Gasteiger partial charge in [-0.3, -0.25) is 0 Å². The predicted octanol–water partition coefficient (Wildman–Crippen LogP) is 4.01. The van der Waals surface area contributed by atoms with Gasteiger partial charge in [0, 0.05) is 13.1 Å². The molecular formula is C16H24N2. The zero-order valence-corrected chi connectivity index (χ0v) is 11.9. The van der Waals surface area contributed by atoms with Gasteiger partial charge in [0.15, 0.2) is 0 Å². The number of rotatable bonds is 3. The molecule has 2 heteroatoms. The molecule has 1 saturated heterocycles. The van der Waals surface area contributed by atoms with Crippen molar-refractivity contribution in [3.8, 4) is 0 Å². The Morgan fingerprint density at radius 3 is 2.50 bits per heavy atom. The summed E-state index contributed by atoms with van der Waals surface area (Å²) in [4.78, 5) is 7.01. The molecule has 0 radical (unpaired) electrons. The van der Waals surface area contributed by atoms with Crippen LogP contribution < -0.4 is 0 Å². The van der Waals surface area contributed by atoms with Crippen molar-refractivity contribution in [3.63, 3.8) is 0 Å². The van der Waals surface area contributed by atoms with E-state index in [1.54, 1.807) is 0 Å². The van der Waals surface area contributed by atoms with Crippen LogP contribution in [0.15, 0.2) is 17.1 Å².